The summed E-state index contributed by atoms with van der Waals surface area (Å²) >= 11 is 0. The van der Waals surface area contributed by atoms with E-state index in [1.807, 2.05) is 35.2 Å². The smallest absolute Gasteiger partial charge is 0.226 e. The number of aliphatic hydroxyl groups is 1. The second-order valence-electron chi connectivity index (χ2n) is 6.76. The van der Waals surface area contributed by atoms with E-state index in [2.05, 4.69) is 13.8 Å². The maximum absolute atomic E-state index is 12.9. The van der Waals surface area contributed by atoms with Crippen LogP contribution in [0.25, 0.3) is 0 Å². The van der Waals surface area contributed by atoms with Crippen molar-refractivity contribution in [3.8, 4) is 0 Å². The normalized spacial score (nSPS) is 21.0. The summed E-state index contributed by atoms with van der Waals surface area (Å²) in [6.07, 6.45) is 4.44. The van der Waals surface area contributed by atoms with E-state index in [0.29, 0.717) is 13.1 Å². The molecular formula is C18H27NO2. The highest BCUT2D eigenvalue weighted by molar-refractivity contribution is 5.79. The Morgan fingerprint density at radius 2 is 2.00 bits per heavy atom. The fourth-order valence-electron chi connectivity index (χ4n) is 3.36. The van der Waals surface area contributed by atoms with Crippen LogP contribution in [0.5, 0.6) is 0 Å². The summed E-state index contributed by atoms with van der Waals surface area (Å²) in [6.45, 7) is 5.43. The Hall–Kier alpha value is -1.35. The Balaban J connectivity index is 2.11. The monoisotopic (exact) mass is 289 g/mol. The van der Waals surface area contributed by atoms with Crippen LogP contribution in [0.3, 0.4) is 0 Å². The summed E-state index contributed by atoms with van der Waals surface area (Å²) in [5, 5.41) is 9.30. The Labute approximate surface area is 128 Å². The summed E-state index contributed by atoms with van der Waals surface area (Å²) in [7, 11) is 0. The third-order valence-corrected chi connectivity index (χ3v) is 4.70. The van der Waals surface area contributed by atoms with Crippen LogP contribution in [0.1, 0.15) is 45.1 Å². The summed E-state index contributed by atoms with van der Waals surface area (Å²) in [5.41, 5.74) is 1.19. The van der Waals surface area contributed by atoms with E-state index >= 15 is 0 Å². The maximum Gasteiger partial charge on any atom is 0.226 e. The number of rotatable bonds is 5. The highest BCUT2D eigenvalue weighted by atomic mass is 16.3. The van der Waals surface area contributed by atoms with Crippen molar-refractivity contribution < 1.29 is 9.90 Å². The summed E-state index contributed by atoms with van der Waals surface area (Å²) in [5.74, 6) is 0.291. The molecule has 1 unspecified atom stereocenters. The van der Waals surface area contributed by atoms with E-state index in [0.717, 1.165) is 24.8 Å². The topological polar surface area (TPSA) is 40.5 Å². The van der Waals surface area contributed by atoms with Crippen molar-refractivity contribution in [2.24, 2.45) is 11.3 Å². The van der Waals surface area contributed by atoms with Crippen LogP contribution in [0.15, 0.2) is 30.3 Å². The molecule has 0 aromatic heterocycles. The minimum absolute atomic E-state index is 0.0196. The fraction of sp³-hybridized carbons (Fsp3) is 0.611. The molecule has 3 heteroatoms. The first-order valence-corrected chi connectivity index (χ1v) is 7.98. The molecule has 0 heterocycles. The van der Waals surface area contributed by atoms with Gasteiger partial charge in [0.15, 0.2) is 0 Å². The lowest BCUT2D eigenvalue weighted by molar-refractivity contribution is -0.142. The van der Waals surface area contributed by atoms with Crippen molar-refractivity contribution >= 4 is 5.91 Å². The van der Waals surface area contributed by atoms with Gasteiger partial charge in [-0.3, -0.25) is 4.79 Å². The third kappa shape index (κ3) is 4.07. The number of carbonyl (C=O) groups is 1. The van der Waals surface area contributed by atoms with Crippen LogP contribution in [0.2, 0.25) is 0 Å². The van der Waals surface area contributed by atoms with Gasteiger partial charge in [0.05, 0.1) is 6.61 Å². The molecular weight excluding hydrogens is 262 g/mol. The molecule has 1 N–H and O–H groups in total. The molecule has 1 aliphatic rings. The molecule has 0 bridgehead atoms. The molecule has 2 rings (SSSR count). The summed E-state index contributed by atoms with van der Waals surface area (Å²) in [6, 6.07) is 10.0. The Bertz CT molecular complexity index is 456. The van der Waals surface area contributed by atoms with Crippen molar-refractivity contribution in [2.45, 2.75) is 46.1 Å². The van der Waals surface area contributed by atoms with Crippen LogP contribution < -0.4 is 0 Å². The molecule has 116 valence electrons. The molecule has 0 saturated heterocycles. The standard InChI is InChI=1S/C18H27NO2/c1-18(2)11-7-6-10-16(18)17(21)19(12-13-20)14-15-8-4-3-5-9-15/h3-5,8-9,16,20H,6-7,10-14H2,1-2H3. The summed E-state index contributed by atoms with van der Waals surface area (Å²) in [4.78, 5) is 14.7. The van der Waals surface area contributed by atoms with Crippen molar-refractivity contribution in [2.75, 3.05) is 13.2 Å². The molecule has 1 atom stereocenters. The molecule has 1 aromatic rings. The van der Waals surface area contributed by atoms with E-state index in [9.17, 15) is 9.90 Å². The SMILES string of the molecule is CC1(C)CCCCC1C(=O)N(CCO)Cc1ccccc1. The second-order valence-corrected chi connectivity index (χ2v) is 6.76. The van der Waals surface area contributed by atoms with Gasteiger partial charge in [-0.25, -0.2) is 0 Å². The zero-order chi connectivity index (χ0) is 15.3. The van der Waals surface area contributed by atoms with Gasteiger partial charge in [-0.05, 0) is 23.8 Å². The van der Waals surface area contributed by atoms with Crippen LogP contribution >= 0.6 is 0 Å². The lowest BCUT2D eigenvalue weighted by Gasteiger charge is -2.40. The van der Waals surface area contributed by atoms with Gasteiger partial charge < -0.3 is 10.0 Å². The van der Waals surface area contributed by atoms with Crippen molar-refractivity contribution in [1.82, 2.24) is 4.90 Å². The largest absolute Gasteiger partial charge is 0.395 e. The zero-order valence-corrected chi connectivity index (χ0v) is 13.2. The Morgan fingerprint density at radius 1 is 1.29 bits per heavy atom. The molecule has 1 saturated carbocycles. The first-order chi connectivity index (χ1) is 10.0. The second kappa shape index (κ2) is 7.08. The third-order valence-electron chi connectivity index (χ3n) is 4.70. The van der Waals surface area contributed by atoms with Gasteiger partial charge in [0.1, 0.15) is 0 Å². The number of amides is 1. The number of nitrogens with zero attached hydrogens (tertiary/aromatic N) is 1. The molecule has 1 aromatic carbocycles. The van der Waals surface area contributed by atoms with Crippen LogP contribution in [-0.4, -0.2) is 29.1 Å². The van der Waals surface area contributed by atoms with Crippen molar-refractivity contribution in [3.05, 3.63) is 35.9 Å². The highest BCUT2D eigenvalue weighted by Gasteiger charge is 2.39. The van der Waals surface area contributed by atoms with Gasteiger partial charge in [0, 0.05) is 19.0 Å². The van der Waals surface area contributed by atoms with Gasteiger partial charge in [-0.15, -0.1) is 0 Å². The summed E-state index contributed by atoms with van der Waals surface area (Å²) < 4.78 is 0. The first kappa shape index (κ1) is 16.0. The van der Waals surface area contributed by atoms with Crippen molar-refractivity contribution in [1.29, 1.82) is 0 Å². The molecule has 0 spiro atoms. The number of benzene rings is 1. The molecule has 21 heavy (non-hydrogen) atoms. The number of aliphatic hydroxyl groups excluding tert-OH is 1. The van der Waals surface area contributed by atoms with E-state index in [4.69, 9.17) is 0 Å². The Kier molecular flexibility index (Phi) is 5.40. The minimum atomic E-state index is 0.0196. The lowest BCUT2D eigenvalue weighted by Crippen LogP contribution is -2.44. The predicted octanol–water partition coefficient (Wildman–Crippen LogP) is 3.22. The van der Waals surface area contributed by atoms with Crippen LogP contribution in [0.4, 0.5) is 0 Å². The lowest BCUT2D eigenvalue weighted by atomic mass is 9.68. The average molecular weight is 289 g/mol. The molecule has 1 fully saturated rings. The quantitative estimate of drug-likeness (QED) is 0.904. The maximum atomic E-state index is 12.9. The molecule has 0 aliphatic heterocycles. The first-order valence-electron chi connectivity index (χ1n) is 7.98. The van der Waals surface area contributed by atoms with Gasteiger partial charge >= 0.3 is 0 Å². The number of hydrogen-bond acceptors (Lipinski definition) is 2. The Morgan fingerprint density at radius 3 is 2.62 bits per heavy atom. The van der Waals surface area contributed by atoms with E-state index in [1.165, 1.54) is 6.42 Å². The zero-order valence-electron chi connectivity index (χ0n) is 13.2. The molecule has 1 aliphatic carbocycles. The van der Waals surface area contributed by atoms with Gasteiger partial charge in [0.25, 0.3) is 0 Å². The predicted molar refractivity (Wildman–Crippen MR) is 84.7 cm³/mol. The number of carbonyl (C=O) groups excluding carboxylic acids is 1. The van der Waals surface area contributed by atoms with Crippen LogP contribution in [-0.2, 0) is 11.3 Å². The van der Waals surface area contributed by atoms with E-state index in [1.54, 1.807) is 0 Å². The van der Waals surface area contributed by atoms with Gasteiger partial charge in [-0.1, -0.05) is 57.0 Å². The van der Waals surface area contributed by atoms with E-state index < -0.39 is 0 Å². The van der Waals surface area contributed by atoms with Crippen molar-refractivity contribution in [3.63, 3.8) is 0 Å². The van der Waals surface area contributed by atoms with Gasteiger partial charge in [0.2, 0.25) is 5.91 Å². The highest BCUT2D eigenvalue weighted by Crippen LogP contribution is 2.41. The van der Waals surface area contributed by atoms with Gasteiger partial charge in [-0.2, -0.15) is 0 Å². The molecule has 0 radical (unpaired) electrons. The van der Waals surface area contributed by atoms with Crippen LogP contribution in [0, 0.1) is 11.3 Å². The molecule has 3 nitrogen and oxygen atoms in total. The minimum Gasteiger partial charge on any atom is -0.395 e. The molecule has 1 amide bonds. The average Bonchev–Trinajstić information content (AvgIpc) is 2.47. The van der Waals surface area contributed by atoms with E-state index in [-0.39, 0.29) is 23.8 Å². The number of hydrogen-bond donors (Lipinski definition) is 1. The fourth-order valence-corrected chi connectivity index (χ4v) is 3.36.